The van der Waals surface area contributed by atoms with Crippen molar-refractivity contribution in [1.82, 2.24) is 19.6 Å². The van der Waals surface area contributed by atoms with Crippen molar-refractivity contribution in [3.8, 4) is 11.5 Å². The number of fused-ring (bicyclic) bond motifs is 4. The highest BCUT2D eigenvalue weighted by molar-refractivity contribution is 5.93. The maximum Gasteiger partial charge on any atom is 0.240 e. The highest BCUT2D eigenvalue weighted by Crippen LogP contribution is 2.33. The molecule has 9 nitrogen and oxygen atoms in total. The van der Waals surface area contributed by atoms with Crippen LogP contribution in [0, 0.1) is 0 Å². The molecular weight excluding hydrogens is 372 g/mol. The molecule has 0 spiro atoms. The number of nitrogen functional groups attached to an aromatic ring is 1. The Balaban J connectivity index is 1.57. The summed E-state index contributed by atoms with van der Waals surface area (Å²) < 4.78 is 12.6. The zero-order chi connectivity index (χ0) is 19.8. The van der Waals surface area contributed by atoms with E-state index in [1.165, 1.54) is 0 Å². The highest BCUT2D eigenvalue weighted by atomic mass is 16.7. The van der Waals surface area contributed by atoms with Crippen molar-refractivity contribution in [3.05, 3.63) is 47.8 Å². The Kier molecular flexibility index (Phi) is 4.28. The van der Waals surface area contributed by atoms with E-state index < -0.39 is 0 Å². The molecule has 1 aliphatic heterocycles. The number of benzene rings is 2. The van der Waals surface area contributed by atoms with Gasteiger partial charge in [-0.15, -0.1) is 5.10 Å². The van der Waals surface area contributed by atoms with Gasteiger partial charge < -0.3 is 25.6 Å². The van der Waals surface area contributed by atoms with Gasteiger partial charge >= 0.3 is 0 Å². The standard InChI is InChI=1S/C20H20N6O3/c21-20-24-19-14-4-3-13(22-6-1-7-27)10-15(14)23-18(26(19)25-20)9-12-2-5-16-17(8-12)29-11-28-16/h2-5,8,10,22,27H,1,6-7,9,11H2,(H2,21,25). The lowest BCUT2D eigenvalue weighted by Gasteiger charge is -2.10. The first-order chi connectivity index (χ1) is 14.2. The van der Waals surface area contributed by atoms with Crippen molar-refractivity contribution in [2.45, 2.75) is 12.8 Å². The number of hydrogen-bond acceptors (Lipinski definition) is 8. The van der Waals surface area contributed by atoms with Gasteiger partial charge in [-0.3, -0.25) is 0 Å². The highest BCUT2D eigenvalue weighted by Gasteiger charge is 2.16. The monoisotopic (exact) mass is 392 g/mol. The van der Waals surface area contributed by atoms with Gasteiger partial charge in [0.25, 0.3) is 0 Å². The molecular formula is C20H20N6O3. The zero-order valence-corrected chi connectivity index (χ0v) is 15.6. The smallest absolute Gasteiger partial charge is 0.240 e. The van der Waals surface area contributed by atoms with Gasteiger partial charge in [-0.05, 0) is 42.3 Å². The zero-order valence-electron chi connectivity index (χ0n) is 15.6. The fourth-order valence-electron chi connectivity index (χ4n) is 3.45. The average molecular weight is 392 g/mol. The molecule has 0 unspecified atom stereocenters. The first kappa shape index (κ1) is 17.5. The molecule has 0 atom stereocenters. The number of aliphatic hydroxyl groups excluding tert-OH is 1. The maximum atomic E-state index is 8.97. The molecule has 148 valence electrons. The van der Waals surface area contributed by atoms with Gasteiger partial charge in [0, 0.05) is 30.6 Å². The lowest BCUT2D eigenvalue weighted by molar-refractivity contribution is 0.174. The fraction of sp³-hybridized carbons (Fsp3) is 0.250. The van der Waals surface area contributed by atoms with E-state index in [0.29, 0.717) is 25.0 Å². The largest absolute Gasteiger partial charge is 0.454 e. The van der Waals surface area contributed by atoms with Crippen LogP contribution in [0.25, 0.3) is 16.6 Å². The molecule has 5 rings (SSSR count). The molecule has 0 aliphatic carbocycles. The SMILES string of the molecule is Nc1nc2c3ccc(NCCCO)cc3nc(Cc3ccc4c(c3)OCO4)n2n1. The van der Waals surface area contributed by atoms with E-state index in [1.54, 1.807) is 4.52 Å². The van der Waals surface area contributed by atoms with E-state index in [1.807, 2.05) is 36.4 Å². The van der Waals surface area contributed by atoms with Crippen LogP contribution in [0.15, 0.2) is 36.4 Å². The number of aliphatic hydroxyl groups is 1. The summed E-state index contributed by atoms with van der Waals surface area (Å²) in [6, 6.07) is 11.7. The molecule has 0 saturated carbocycles. The van der Waals surface area contributed by atoms with Gasteiger partial charge in [-0.25, -0.2) is 4.98 Å². The van der Waals surface area contributed by atoms with E-state index in [2.05, 4.69) is 15.4 Å². The third kappa shape index (κ3) is 3.25. The number of nitrogens with one attached hydrogen (secondary N) is 1. The predicted molar refractivity (Wildman–Crippen MR) is 108 cm³/mol. The Morgan fingerprint density at radius 3 is 2.90 bits per heavy atom. The Morgan fingerprint density at radius 1 is 1.10 bits per heavy atom. The van der Waals surface area contributed by atoms with Crippen LogP contribution in [0.3, 0.4) is 0 Å². The van der Waals surface area contributed by atoms with E-state index in [0.717, 1.165) is 39.5 Å². The van der Waals surface area contributed by atoms with Crippen LogP contribution in [0.1, 0.15) is 17.8 Å². The minimum atomic E-state index is 0.151. The first-order valence-electron chi connectivity index (χ1n) is 9.39. The third-order valence-electron chi connectivity index (χ3n) is 4.82. The molecule has 4 N–H and O–H groups in total. The molecule has 0 radical (unpaired) electrons. The molecule has 2 aromatic heterocycles. The number of nitrogens with two attached hydrogens (primary N) is 1. The van der Waals surface area contributed by atoms with Crippen molar-refractivity contribution in [1.29, 1.82) is 0 Å². The Bertz CT molecular complexity index is 1210. The summed E-state index contributed by atoms with van der Waals surface area (Å²) in [7, 11) is 0. The second-order valence-electron chi connectivity index (χ2n) is 6.83. The van der Waals surface area contributed by atoms with Crippen LogP contribution in [0.2, 0.25) is 0 Å². The van der Waals surface area contributed by atoms with Crippen LogP contribution in [0.4, 0.5) is 11.6 Å². The van der Waals surface area contributed by atoms with Crippen molar-refractivity contribution >= 4 is 28.2 Å². The molecule has 0 saturated heterocycles. The second kappa shape index (κ2) is 7.10. The number of aromatic nitrogens is 4. The third-order valence-corrected chi connectivity index (χ3v) is 4.82. The van der Waals surface area contributed by atoms with Crippen LogP contribution in [-0.2, 0) is 6.42 Å². The van der Waals surface area contributed by atoms with Crippen molar-refractivity contribution in [2.75, 3.05) is 31.0 Å². The normalized spacial score (nSPS) is 12.7. The lowest BCUT2D eigenvalue weighted by atomic mass is 10.1. The number of rotatable bonds is 6. The first-order valence-corrected chi connectivity index (χ1v) is 9.39. The van der Waals surface area contributed by atoms with Gasteiger partial charge in [0.1, 0.15) is 5.82 Å². The molecule has 29 heavy (non-hydrogen) atoms. The molecule has 0 amide bonds. The molecule has 1 aliphatic rings. The van der Waals surface area contributed by atoms with Crippen molar-refractivity contribution in [3.63, 3.8) is 0 Å². The van der Waals surface area contributed by atoms with E-state index >= 15 is 0 Å². The summed E-state index contributed by atoms with van der Waals surface area (Å²) in [5.41, 5.74) is 9.31. The molecule has 3 heterocycles. The number of anilines is 2. The van der Waals surface area contributed by atoms with Gasteiger partial charge in [-0.1, -0.05) is 6.07 Å². The molecule has 0 bridgehead atoms. The summed E-state index contributed by atoms with van der Waals surface area (Å²) in [6.45, 7) is 1.08. The van der Waals surface area contributed by atoms with E-state index in [9.17, 15) is 0 Å². The summed E-state index contributed by atoms with van der Waals surface area (Å²) in [4.78, 5) is 9.24. The number of nitrogens with zero attached hydrogens (tertiary/aromatic N) is 4. The van der Waals surface area contributed by atoms with Crippen molar-refractivity contribution < 1.29 is 14.6 Å². The molecule has 9 heteroatoms. The molecule has 4 aromatic rings. The number of hydrogen-bond donors (Lipinski definition) is 3. The van der Waals surface area contributed by atoms with Crippen LogP contribution >= 0.6 is 0 Å². The summed E-state index contributed by atoms with van der Waals surface area (Å²) in [5.74, 6) is 2.40. The van der Waals surface area contributed by atoms with Gasteiger partial charge in [0.2, 0.25) is 12.7 Å². The van der Waals surface area contributed by atoms with E-state index in [-0.39, 0.29) is 19.3 Å². The topological polar surface area (TPSA) is 120 Å². The Hall–Kier alpha value is -3.59. The van der Waals surface area contributed by atoms with E-state index in [4.69, 9.17) is 25.3 Å². The predicted octanol–water partition coefficient (Wildman–Crippen LogP) is 1.97. The average Bonchev–Trinajstić information content (AvgIpc) is 3.34. The van der Waals surface area contributed by atoms with Crippen molar-refractivity contribution in [2.24, 2.45) is 0 Å². The fourth-order valence-corrected chi connectivity index (χ4v) is 3.45. The second-order valence-corrected chi connectivity index (χ2v) is 6.83. The molecule has 2 aromatic carbocycles. The van der Waals surface area contributed by atoms with Crippen LogP contribution in [-0.4, -0.2) is 44.6 Å². The van der Waals surface area contributed by atoms with Gasteiger partial charge in [-0.2, -0.15) is 9.50 Å². The lowest BCUT2D eigenvalue weighted by Crippen LogP contribution is -2.06. The summed E-state index contributed by atoms with van der Waals surface area (Å²) >= 11 is 0. The van der Waals surface area contributed by atoms with Gasteiger partial charge in [0.05, 0.1) is 5.52 Å². The summed E-state index contributed by atoms with van der Waals surface area (Å²) in [5, 5.41) is 17.5. The van der Waals surface area contributed by atoms with Crippen LogP contribution < -0.4 is 20.5 Å². The Morgan fingerprint density at radius 2 is 2.00 bits per heavy atom. The Labute approximate surface area is 166 Å². The maximum absolute atomic E-state index is 8.97. The molecule has 0 fully saturated rings. The summed E-state index contributed by atoms with van der Waals surface area (Å²) in [6.07, 6.45) is 1.22. The van der Waals surface area contributed by atoms with Gasteiger partial charge in [0.15, 0.2) is 17.1 Å². The van der Waals surface area contributed by atoms with Crippen LogP contribution in [0.5, 0.6) is 11.5 Å². The quantitative estimate of drug-likeness (QED) is 0.426. The minimum absolute atomic E-state index is 0.151. The number of ether oxygens (including phenoxy) is 2. The minimum Gasteiger partial charge on any atom is -0.454 e.